The van der Waals surface area contributed by atoms with E-state index in [0.29, 0.717) is 27.9 Å². The van der Waals surface area contributed by atoms with Crippen molar-refractivity contribution in [2.45, 2.75) is 20.5 Å². The predicted molar refractivity (Wildman–Crippen MR) is 92.5 cm³/mol. The van der Waals surface area contributed by atoms with Gasteiger partial charge in [-0.25, -0.2) is 14.2 Å². The molecule has 0 aliphatic rings. The number of hydrogen-bond donors (Lipinski definition) is 0. The van der Waals surface area contributed by atoms with Crippen LogP contribution in [-0.4, -0.2) is 20.1 Å². The Morgan fingerprint density at radius 3 is 2.68 bits per heavy atom. The number of hydrogen-bond acceptors (Lipinski definition) is 3. The first-order valence-corrected chi connectivity index (χ1v) is 8.05. The molecule has 0 amide bonds. The van der Waals surface area contributed by atoms with Crippen LogP contribution < -0.4 is 0 Å². The van der Waals surface area contributed by atoms with Gasteiger partial charge in [0.15, 0.2) is 0 Å². The lowest BCUT2D eigenvalue weighted by Gasteiger charge is -2.11. The largest absolute Gasteiger partial charge is 0.454 e. The van der Waals surface area contributed by atoms with Gasteiger partial charge in [0, 0.05) is 18.4 Å². The van der Waals surface area contributed by atoms with Gasteiger partial charge in [0.05, 0.1) is 17.4 Å². The Bertz CT molecular complexity index is 946. The fourth-order valence-electron chi connectivity index (χ4n) is 2.74. The Balaban J connectivity index is 1.86. The molecule has 2 heterocycles. The molecule has 0 N–H and O–H groups in total. The predicted octanol–water partition coefficient (Wildman–Crippen LogP) is 3.98. The molecular formula is C18H17ClFN3O2. The highest BCUT2D eigenvalue weighted by molar-refractivity contribution is 6.29. The normalized spacial score (nSPS) is 10.9. The number of nitrogens with zero attached hydrogens (tertiary/aromatic N) is 3. The van der Waals surface area contributed by atoms with E-state index < -0.39 is 5.97 Å². The number of ether oxygens (including phenoxy) is 1. The molecule has 0 bridgehead atoms. The van der Waals surface area contributed by atoms with Crippen LogP contribution in [0.1, 0.15) is 27.6 Å². The summed E-state index contributed by atoms with van der Waals surface area (Å²) in [7, 11) is 1.74. The van der Waals surface area contributed by atoms with Gasteiger partial charge >= 0.3 is 5.97 Å². The minimum absolute atomic E-state index is 0.00538. The standard InChI is InChI=1S/C18H17ClFN3O2/c1-11-8-13(12(2)23(11)15-7-5-4-6-14(15)20)18(24)25-10-17-21-9-16(19)22(17)3/h4-9H,10H2,1-3H3. The molecule has 0 aliphatic carbocycles. The third-order valence-corrected chi connectivity index (χ3v) is 4.46. The molecule has 0 fully saturated rings. The molecule has 0 spiro atoms. The molecule has 130 valence electrons. The summed E-state index contributed by atoms with van der Waals surface area (Å²) in [5.74, 6) is -0.303. The van der Waals surface area contributed by atoms with E-state index >= 15 is 0 Å². The van der Waals surface area contributed by atoms with Gasteiger partial charge in [-0.2, -0.15) is 0 Å². The maximum atomic E-state index is 14.1. The van der Waals surface area contributed by atoms with Gasteiger partial charge in [0.1, 0.15) is 23.4 Å². The third kappa shape index (κ3) is 3.17. The molecule has 25 heavy (non-hydrogen) atoms. The van der Waals surface area contributed by atoms with Gasteiger partial charge < -0.3 is 13.9 Å². The lowest BCUT2D eigenvalue weighted by molar-refractivity contribution is 0.0458. The Hall–Kier alpha value is -2.60. The zero-order valence-corrected chi connectivity index (χ0v) is 14.8. The van der Waals surface area contributed by atoms with Crippen LogP contribution >= 0.6 is 11.6 Å². The average Bonchev–Trinajstić information content (AvgIpc) is 3.06. The topological polar surface area (TPSA) is 49.0 Å². The van der Waals surface area contributed by atoms with Crippen molar-refractivity contribution in [3.8, 4) is 5.69 Å². The summed E-state index contributed by atoms with van der Waals surface area (Å²) in [4.78, 5) is 16.5. The molecule has 0 saturated carbocycles. The van der Waals surface area contributed by atoms with Gasteiger partial charge in [-0.3, -0.25) is 0 Å². The second-order valence-electron chi connectivity index (χ2n) is 5.70. The summed E-state index contributed by atoms with van der Waals surface area (Å²) in [5.41, 5.74) is 2.15. The molecule has 1 aromatic carbocycles. The minimum atomic E-state index is -0.491. The number of carbonyl (C=O) groups excluding carboxylic acids is 1. The first-order valence-electron chi connectivity index (χ1n) is 7.67. The highest BCUT2D eigenvalue weighted by Gasteiger charge is 2.20. The van der Waals surface area contributed by atoms with Crippen LogP contribution in [0.25, 0.3) is 5.69 Å². The summed E-state index contributed by atoms with van der Waals surface area (Å²) in [6.45, 7) is 3.58. The van der Waals surface area contributed by atoms with E-state index in [1.807, 2.05) is 6.92 Å². The lowest BCUT2D eigenvalue weighted by Crippen LogP contribution is -2.10. The zero-order chi connectivity index (χ0) is 18.1. The van der Waals surface area contributed by atoms with Crippen molar-refractivity contribution in [2.24, 2.45) is 7.05 Å². The average molecular weight is 362 g/mol. The van der Waals surface area contributed by atoms with E-state index in [4.69, 9.17) is 16.3 Å². The summed E-state index contributed by atoms with van der Waals surface area (Å²) >= 11 is 5.91. The minimum Gasteiger partial charge on any atom is -0.454 e. The van der Waals surface area contributed by atoms with Crippen molar-refractivity contribution in [3.05, 3.63) is 70.3 Å². The summed E-state index contributed by atoms with van der Waals surface area (Å²) in [6.07, 6.45) is 1.49. The van der Waals surface area contributed by atoms with Crippen molar-refractivity contribution in [1.29, 1.82) is 0 Å². The van der Waals surface area contributed by atoms with Crippen LogP contribution in [0.4, 0.5) is 4.39 Å². The van der Waals surface area contributed by atoms with Crippen molar-refractivity contribution >= 4 is 17.6 Å². The summed E-state index contributed by atoms with van der Waals surface area (Å²) in [5, 5.41) is 0.462. The molecule has 3 rings (SSSR count). The molecule has 0 unspecified atom stereocenters. The second-order valence-corrected chi connectivity index (χ2v) is 6.09. The highest BCUT2D eigenvalue weighted by Crippen LogP contribution is 2.23. The van der Waals surface area contributed by atoms with Crippen LogP contribution in [0.2, 0.25) is 5.15 Å². The van der Waals surface area contributed by atoms with E-state index in [1.54, 1.807) is 47.4 Å². The SMILES string of the molecule is Cc1cc(C(=O)OCc2ncc(Cl)n2C)c(C)n1-c1ccccc1F. The number of halogens is 2. The first-order chi connectivity index (χ1) is 11.9. The first kappa shape index (κ1) is 17.2. The maximum Gasteiger partial charge on any atom is 0.340 e. The zero-order valence-electron chi connectivity index (χ0n) is 14.1. The molecule has 0 radical (unpaired) electrons. The van der Waals surface area contributed by atoms with Crippen LogP contribution in [0.15, 0.2) is 36.5 Å². The molecule has 0 aliphatic heterocycles. The lowest BCUT2D eigenvalue weighted by atomic mass is 10.2. The Labute approximate surface area is 149 Å². The van der Waals surface area contributed by atoms with Gasteiger partial charge in [0.2, 0.25) is 0 Å². The van der Waals surface area contributed by atoms with Gasteiger partial charge in [-0.1, -0.05) is 23.7 Å². The molecular weight excluding hydrogens is 345 g/mol. The van der Waals surface area contributed by atoms with Crippen LogP contribution in [0, 0.1) is 19.7 Å². The quantitative estimate of drug-likeness (QED) is 0.660. The fraction of sp³-hybridized carbons (Fsp3) is 0.222. The number of aryl methyl sites for hydroxylation is 1. The number of imidazole rings is 1. The van der Waals surface area contributed by atoms with E-state index in [-0.39, 0.29) is 12.4 Å². The smallest absolute Gasteiger partial charge is 0.340 e. The van der Waals surface area contributed by atoms with E-state index in [2.05, 4.69) is 4.98 Å². The fourth-order valence-corrected chi connectivity index (χ4v) is 2.89. The maximum absolute atomic E-state index is 14.1. The second kappa shape index (κ2) is 6.72. The monoisotopic (exact) mass is 361 g/mol. The molecule has 5 nitrogen and oxygen atoms in total. The molecule has 0 saturated heterocycles. The van der Waals surface area contributed by atoms with Crippen LogP contribution in [0.3, 0.4) is 0 Å². The third-order valence-electron chi connectivity index (χ3n) is 4.10. The highest BCUT2D eigenvalue weighted by atomic mass is 35.5. The van der Waals surface area contributed by atoms with E-state index in [0.717, 1.165) is 5.69 Å². The van der Waals surface area contributed by atoms with Crippen molar-refractivity contribution in [1.82, 2.24) is 14.1 Å². The number of aromatic nitrogens is 3. The number of para-hydroxylation sites is 1. The Morgan fingerprint density at radius 1 is 1.32 bits per heavy atom. The van der Waals surface area contributed by atoms with E-state index in [9.17, 15) is 9.18 Å². The molecule has 2 aromatic heterocycles. The van der Waals surface area contributed by atoms with Crippen molar-refractivity contribution in [2.75, 3.05) is 0 Å². The molecule has 3 aromatic rings. The number of carbonyl (C=O) groups is 1. The Kier molecular flexibility index (Phi) is 4.63. The van der Waals surface area contributed by atoms with Gasteiger partial charge in [0.25, 0.3) is 0 Å². The summed E-state index contributed by atoms with van der Waals surface area (Å²) in [6, 6.07) is 8.12. The van der Waals surface area contributed by atoms with Crippen LogP contribution in [-0.2, 0) is 18.4 Å². The number of benzene rings is 1. The number of esters is 1. The van der Waals surface area contributed by atoms with Gasteiger partial charge in [-0.15, -0.1) is 0 Å². The van der Waals surface area contributed by atoms with Gasteiger partial charge in [-0.05, 0) is 32.0 Å². The molecule has 0 atom stereocenters. The Morgan fingerprint density at radius 2 is 2.04 bits per heavy atom. The molecule has 7 heteroatoms. The van der Waals surface area contributed by atoms with Crippen molar-refractivity contribution in [3.63, 3.8) is 0 Å². The summed E-state index contributed by atoms with van der Waals surface area (Å²) < 4.78 is 22.8. The number of rotatable bonds is 4. The van der Waals surface area contributed by atoms with Crippen LogP contribution in [0.5, 0.6) is 0 Å². The van der Waals surface area contributed by atoms with E-state index in [1.165, 1.54) is 12.3 Å². The van der Waals surface area contributed by atoms with Crippen molar-refractivity contribution < 1.29 is 13.9 Å².